The smallest absolute Gasteiger partial charge is 0.247 e. The Morgan fingerprint density at radius 3 is 2.64 bits per heavy atom. The standard InChI is InChI=1S/C26H28N4O3/c1-16-3-8-22-21(15-32-24(22)17(16)2)13-23(31)28-14-18-4-6-19(7-5-18)25-29-30-26(33-25)20-9-11-27-12-10-20/h3,8-12,15,18-19H,4-7,13-14H2,1-2H3,(H,28,31). The number of nitrogens with zero attached hydrogens (tertiary/aromatic N) is 3. The number of aromatic nitrogens is 3. The van der Waals surface area contributed by atoms with Crippen LogP contribution in [0.1, 0.15) is 54.2 Å². The Morgan fingerprint density at radius 1 is 1.06 bits per heavy atom. The Kier molecular flexibility index (Phi) is 5.94. The number of pyridine rings is 1. The first-order valence-electron chi connectivity index (χ1n) is 11.5. The molecule has 7 nitrogen and oxygen atoms in total. The van der Waals surface area contributed by atoms with E-state index in [0.717, 1.165) is 53.3 Å². The van der Waals surface area contributed by atoms with Crippen molar-refractivity contribution in [2.24, 2.45) is 5.92 Å². The number of fused-ring (bicyclic) bond motifs is 1. The summed E-state index contributed by atoms with van der Waals surface area (Å²) in [6, 6.07) is 7.86. The monoisotopic (exact) mass is 444 g/mol. The first-order valence-corrected chi connectivity index (χ1v) is 11.5. The number of furan rings is 1. The Labute approximate surface area is 192 Å². The summed E-state index contributed by atoms with van der Waals surface area (Å²) in [6.45, 7) is 4.82. The molecular formula is C26H28N4O3. The molecule has 1 aliphatic carbocycles. The highest BCUT2D eigenvalue weighted by Gasteiger charge is 2.27. The second-order valence-corrected chi connectivity index (χ2v) is 9.02. The second kappa shape index (κ2) is 9.17. The highest BCUT2D eigenvalue weighted by atomic mass is 16.4. The zero-order chi connectivity index (χ0) is 22.8. The van der Waals surface area contributed by atoms with Crippen molar-refractivity contribution in [2.45, 2.75) is 51.9 Å². The summed E-state index contributed by atoms with van der Waals surface area (Å²) in [4.78, 5) is 16.6. The number of carbonyl (C=O) groups is 1. The van der Waals surface area contributed by atoms with Crippen LogP contribution in [-0.2, 0) is 11.2 Å². The number of hydrogen-bond donors (Lipinski definition) is 1. The summed E-state index contributed by atoms with van der Waals surface area (Å²) in [5.74, 6) is 2.04. The number of carbonyl (C=O) groups excluding carboxylic acids is 1. The number of aryl methyl sites for hydroxylation is 2. The molecule has 0 unspecified atom stereocenters. The maximum atomic E-state index is 12.6. The van der Waals surface area contributed by atoms with Crippen LogP contribution in [0.5, 0.6) is 0 Å². The van der Waals surface area contributed by atoms with E-state index in [0.29, 0.717) is 30.7 Å². The average molecular weight is 445 g/mol. The van der Waals surface area contributed by atoms with E-state index in [1.165, 1.54) is 5.56 Å². The molecule has 1 aromatic carbocycles. The predicted octanol–water partition coefficient (Wildman–Crippen LogP) is 5.13. The van der Waals surface area contributed by atoms with Gasteiger partial charge in [-0.05, 0) is 68.7 Å². The van der Waals surface area contributed by atoms with Gasteiger partial charge in [0.15, 0.2) is 0 Å². The van der Waals surface area contributed by atoms with Crippen molar-refractivity contribution in [1.82, 2.24) is 20.5 Å². The van der Waals surface area contributed by atoms with Crippen LogP contribution in [0, 0.1) is 19.8 Å². The van der Waals surface area contributed by atoms with E-state index in [4.69, 9.17) is 8.83 Å². The van der Waals surface area contributed by atoms with Crippen molar-refractivity contribution in [3.8, 4) is 11.5 Å². The molecule has 33 heavy (non-hydrogen) atoms. The molecule has 0 atom stereocenters. The molecule has 0 aliphatic heterocycles. The van der Waals surface area contributed by atoms with Gasteiger partial charge in [0.2, 0.25) is 17.7 Å². The highest BCUT2D eigenvalue weighted by molar-refractivity contribution is 5.89. The van der Waals surface area contributed by atoms with Gasteiger partial charge in [0.1, 0.15) is 5.58 Å². The zero-order valence-corrected chi connectivity index (χ0v) is 19.0. The first-order chi connectivity index (χ1) is 16.1. The molecule has 1 saturated carbocycles. The largest absolute Gasteiger partial charge is 0.464 e. The van der Waals surface area contributed by atoms with Crippen LogP contribution < -0.4 is 5.32 Å². The summed E-state index contributed by atoms with van der Waals surface area (Å²) in [6.07, 6.45) is 9.53. The minimum Gasteiger partial charge on any atom is -0.464 e. The van der Waals surface area contributed by atoms with Crippen LogP contribution in [-0.4, -0.2) is 27.6 Å². The minimum atomic E-state index is 0.0388. The van der Waals surface area contributed by atoms with E-state index in [2.05, 4.69) is 40.4 Å². The van der Waals surface area contributed by atoms with Gasteiger partial charge in [-0.2, -0.15) is 0 Å². The fraction of sp³-hybridized carbons (Fsp3) is 0.385. The zero-order valence-electron chi connectivity index (χ0n) is 19.0. The lowest BCUT2D eigenvalue weighted by Crippen LogP contribution is -2.32. The van der Waals surface area contributed by atoms with Crippen molar-refractivity contribution in [1.29, 1.82) is 0 Å². The number of rotatable bonds is 6. The van der Waals surface area contributed by atoms with Gasteiger partial charge in [0, 0.05) is 41.4 Å². The molecule has 7 heteroatoms. The van der Waals surface area contributed by atoms with Gasteiger partial charge in [0.25, 0.3) is 0 Å². The molecule has 4 aromatic rings. The van der Waals surface area contributed by atoms with Crippen molar-refractivity contribution < 1.29 is 13.6 Å². The Hall–Kier alpha value is -3.48. The molecule has 0 radical (unpaired) electrons. The second-order valence-electron chi connectivity index (χ2n) is 9.02. The Bertz CT molecular complexity index is 1250. The number of benzene rings is 1. The van der Waals surface area contributed by atoms with E-state index in [9.17, 15) is 4.79 Å². The lowest BCUT2D eigenvalue weighted by atomic mass is 9.82. The van der Waals surface area contributed by atoms with E-state index in [1.807, 2.05) is 18.2 Å². The van der Waals surface area contributed by atoms with Crippen LogP contribution in [0.25, 0.3) is 22.4 Å². The average Bonchev–Trinajstić information content (AvgIpc) is 3.49. The Balaban J connectivity index is 1.11. The topological polar surface area (TPSA) is 94.1 Å². The summed E-state index contributed by atoms with van der Waals surface area (Å²) in [7, 11) is 0. The molecular weight excluding hydrogens is 416 g/mol. The van der Waals surface area contributed by atoms with E-state index in [-0.39, 0.29) is 11.8 Å². The fourth-order valence-electron chi connectivity index (χ4n) is 4.64. The van der Waals surface area contributed by atoms with Crippen LogP contribution >= 0.6 is 0 Å². The van der Waals surface area contributed by atoms with Crippen LogP contribution in [0.15, 0.2) is 51.8 Å². The predicted molar refractivity (Wildman–Crippen MR) is 125 cm³/mol. The van der Waals surface area contributed by atoms with E-state index >= 15 is 0 Å². The minimum absolute atomic E-state index is 0.0388. The summed E-state index contributed by atoms with van der Waals surface area (Å²) in [5.41, 5.74) is 5.03. The van der Waals surface area contributed by atoms with Crippen molar-refractivity contribution in [3.05, 3.63) is 65.5 Å². The van der Waals surface area contributed by atoms with Gasteiger partial charge in [-0.3, -0.25) is 9.78 Å². The molecule has 170 valence electrons. The molecule has 1 amide bonds. The number of nitrogens with one attached hydrogen (secondary N) is 1. The molecule has 1 aliphatic rings. The molecule has 0 spiro atoms. The summed E-state index contributed by atoms with van der Waals surface area (Å²) in [5, 5.41) is 12.6. The van der Waals surface area contributed by atoms with Gasteiger partial charge < -0.3 is 14.2 Å². The molecule has 3 heterocycles. The molecule has 1 N–H and O–H groups in total. The maximum absolute atomic E-state index is 12.6. The third kappa shape index (κ3) is 4.53. The first kappa shape index (κ1) is 21.4. The van der Waals surface area contributed by atoms with Crippen LogP contribution in [0.4, 0.5) is 0 Å². The molecule has 3 aromatic heterocycles. The van der Waals surface area contributed by atoms with Crippen molar-refractivity contribution in [2.75, 3.05) is 6.54 Å². The summed E-state index contributed by atoms with van der Waals surface area (Å²) < 4.78 is 11.7. The quantitative estimate of drug-likeness (QED) is 0.443. The molecule has 5 rings (SSSR count). The van der Waals surface area contributed by atoms with Crippen LogP contribution in [0.2, 0.25) is 0 Å². The molecule has 1 fully saturated rings. The normalized spacial score (nSPS) is 18.5. The van der Waals surface area contributed by atoms with Gasteiger partial charge in [-0.1, -0.05) is 12.1 Å². The van der Waals surface area contributed by atoms with Gasteiger partial charge in [-0.25, -0.2) is 0 Å². The lowest BCUT2D eigenvalue weighted by molar-refractivity contribution is -0.120. The van der Waals surface area contributed by atoms with E-state index in [1.54, 1.807) is 18.7 Å². The molecule has 0 saturated heterocycles. The van der Waals surface area contributed by atoms with Crippen LogP contribution in [0.3, 0.4) is 0 Å². The number of amides is 1. The van der Waals surface area contributed by atoms with Gasteiger partial charge in [0.05, 0.1) is 12.7 Å². The van der Waals surface area contributed by atoms with Gasteiger partial charge >= 0.3 is 0 Å². The third-order valence-corrected chi connectivity index (χ3v) is 6.84. The molecule has 0 bridgehead atoms. The van der Waals surface area contributed by atoms with E-state index < -0.39 is 0 Å². The van der Waals surface area contributed by atoms with Crippen molar-refractivity contribution >= 4 is 16.9 Å². The summed E-state index contributed by atoms with van der Waals surface area (Å²) >= 11 is 0. The third-order valence-electron chi connectivity index (χ3n) is 6.84. The van der Waals surface area contributed by atoms with Crippen molar-refractivity contribution in [3.63, 3.8) is 0 Å². The van der Waals surface area contributed by atoms with Gasteiger partial charge in [-0.15, -0.1) is 10.2 Å². The lowest BCUT2D eigenvalue weighted by Gasteiger charge is -2.26. The SMILES string of the molecule is Cc1ccc2c(CC(=O)NCC3CCC(c4nnc(-c5ccncc5)o4)CC3)coc2c1C. The number of hydrogen-bond acceptors (Lipinski definition) is 6. The fourth-order valence-corrected chi connectivity index (χ4v) is 4.64. The maximum Gasteiger partial charge on any atom is 0.247 e. The Morgan fingerprint density at radius 2 is 1.85 bits per heavy atom. The highest BCUT2D eigenvalue weighted by Crippen LogP contribution is 2.36.